The number of ether oxygens (including phenoxy) is 1. The van der Waals surface area contributed by atoms with Gasteiger partial charge in [-0.25, -0.2) is 0 Å². The lowest BCUT2D eigenvalue weighted by molar-refractivity contribution is -0.133. The summed E-state index contributed by atoms with van der Waals surface area (Å²) >= 11 is 0. The first kappa shape index (κ1) is 18.2. The highest BCUT2D eigenvalue weighted by atomic mass is 16.5. The van der Waals surface area contributed by atoms with Crippen LogP contribution in [0.25, 0.3) is 0 Å². The molecule has 138 valence electrons. The van der Waals surface area contributed by atoms with Crippen LogP contribution in [0.15, 0.2) is 18.2 Å². The van der Waals surface area contributed by atoms with E-state index in [1.54, 1.807) is 7.11 Å². The summed E-state index contributed by atoms with van der Waals surface area (Å²) in [4.78, 5) is 17.0. The lowest BCUT2D eigenvalue weighted by Gasteiger charge is -2.36. The molecule has 1 aliphatic heterocycles. The monoisotopic (exact) mass is 346 g/mol. The highest BCUT2D eigenvalue weighted by molar-refractivity contribution is 5.77. The van der Waals surface area contributed by atoms with E-state index in [9.17, 15) is 9.90 Å². The minimum atomic E-state index is -0.307. The van der Waals surface area contributed by atoms with Crippen LogP contribution >= 0.6 is 0 Å². The van der Waals surface area contributed by atoms with Crippen molar-refractivity contribution in [1.29, 1.82) is 0 Å². The maximum absolute atomic E-state index is 12.8. The van der Waals surface area contributed by atoms with Crippen LogP contribution in [-0.4, -0.2) is 66.8 Å². The Morgan fingerprint density at radius 3 is 2.76 bits per heavy atom. The molecule has 5 heteroatoms. The number of carbonyl (C=O) groups is 1. The van der Waals surface area contributed by atoms with Crippen LogP contribution in [0.1, 0.15) is 43.2 Å². The molecule has 1 aromatic carbocycles. The fourth-order valence-corrected chi connectivity index (χ4v) is 4.12. The molecule has 2 atom stereocenters. The number of β-amino-alcohol motifs (C(OH)–C–C–N with tert-alkyl or cyclic N) is 1. The lowest BCUT2D eigenvalue weighted by atomic mass is 9.80. The van der Waals surface area contributed by atoms with Gasteiger partial charge in [0, 0.05) is 39.1 Å². The molecule has 0 radical (unpaired) electrons. The van der Waals surface area contributed by atoms with Crippen molar-refractivity contribution in [2.45, 2.75) is 44.6 Å². The third-order valence-corrected chi connectivity index (χ3v) is 5.46. The van der Waals surface area contributed by atoms with Crippen molar-refractivity contribution in [3.63, 3.8) is 0 Å². The van der Waals surface area contributed by atoms with Crippen LogP contribution in [0, 0.1) is 0 Å². The number of benzene rings is 1. The number of aliphatic hydroxyl groups is 1. The number of hydrogen-bond donors (Lipinski definition) is 1. The molecule has 1 amide bonds. The molecule has 25 heavy (non-hydrogen) atoms. The SMILES string of the molecule is COc1ccc2c(c1)CCC[C@@H]2CC(=O)N1CCN(C[C@H](C)O)CC1. The molecule has 0 spiro atoms. The van der Waals surface area contributed by atoms with Crippen molar-refractivity contribution >= 4 is 5.91 Å². The number of aryl methyl sites for hydroxylation is 1. The number of aliphatic hydroxyl groups excluding tert-OH is 1. The van der Waals surface area contributed by atoms with Crippen LogP contribution < -0.4 is 4.74 Å². The Morgan fingerprint density at radius 1 is 1.32 bits per heavy atom. The normalized spacial score (nSPS) is 22.4. The van der Waals surface area contributed by atoms with Crippen molar-refractivity contribution in [1.82, 2.24) is 9.80 Å². The average molecular weight is 346 g/mol. The molecule has 1 aliphatic carbocycles. The van der Waals surface area contributed by atoms with Crippen LogP contribution in [0.4, 0.5) is 0 Å². The van der Waals surface area contributed by atoms with Gasteiger partial charge < -0.3 is 14.7 Å². The van der Waals surface area contributed by atoms with Gasteiger partial charge in [-0.1, -0.05) is 6.07 Å². The number of methoxy groups -OCH3 is 1. The van der Waals surface area contributed by atoms with E-state index >= 15 is 0 Å². The number of hydrogen-bond acceptors (Lipinski definition) is 4. The van der Waals surface area contributed by atoms with Crippen molar-refractivity contribution < 1.29 is 14.6 Å². The summed E-state index contributed by atoms with van der Waals surface area (Å²) in [6, 6.07) is 6.28. The van der Waals surface area contributed by atoms with Crippen LogP contribution in [0.3, 0.4) is 0 Å². The second kappa shape index (κ2) is 8.19. The van der Waals surface area contributed by atoms with Gasteiger partial charge in [-0.15, -0.1) is 0 Å². The average Bonchev–Trinajstić information content (AvgIpc) is 2.61. The summed E-state index contributed by atoms with van der Waals surface area (Å²) in [5, 5.41) is 9.50. The maximum atomic E-state index is 12.8. The van der Waals surface area contributed by atoms with Gasteiger partial charge in [-0.2, -0.15) is 0 Å². The minimum absolute atomic E-state index is 0.269. The predicted octanol–water partition coefficient (Wildman–Crippen LogP) is 2.03. The lowest BCUT2D eigenvalue weighted by Crippen LogP contribution is -2.50. The topological polar surface area (TPSA) is 53.0 Å². The Morgan fingerprint density at radius 2 is 2.08 bits per heavy atom. The molecule has 5 nitrogen and oxygen atoms in total. The van der Waals surface area contributed by atoms with Gasteiger partial charge in [0.2, 0.25) is 5.91 Å². The maximum Gasteiger partial charge on any atom is 0.223 e. The summed E-state index contributed by atoms with van der Waals surface area (Å²) in [5.41, 5.74) is 2.67. The Hall–Kier alpha value is -1.59. The first-order chi connectivity index (χ1) is 12.1. The molecule has 1 heterocycles. The van der Waals surface area contributed by atoms with Crippen molar-refractivity contribution in [2.24, 2.45) is 0 Å². The Bertz CT molecular complexity index is 595. The highest BCUT2D eigenvalue weighted by Crippen LogP contribution is 2.36. The highest BCUT2D eigenvalue weighted by Gasteiger charge is 2.27. The Balaban J connectivity index is 1.58. The third-order valence-electron chi connectivity index (χ3n) is 5.46. The number of amides is 1. The van der Waals surface area contributed by atoms with Gasteiger partial charge in [-0.3, -0.25) is 9.69 Å². The summed E-state index contributed by atoms with van der Waals surface area (Å²) < 4.78 is 5.33. The van der Waals surface area contributed by atoms with Gasteiger partial charge in [-0.05, 0) is 55.4 Å². The predicted molar refractivity (Wildman–Crippen MR) is 98.0 cm³/mol. The molecule has 1 N–H and O–H groups in total. The van der Waals surface area contributed by atoms with E-state index in [0.29, 0.717) is 18.9 Å². The molecule has 0 saturated carbocycles. The van der Waals surface area contributed by atoms with Crippen molar-refractivity contribution in [3.8, 4) is 5.75 Å². The van der Waals surface area contributed by atoms with Crippen molar-refractivity contribution in [3.05, 3.63) is 29.3 Å². The standard InChI is InChI=1S/C20H30N2O3/c1-15(23)14-21-8-10-22(11-9-21)20(24)13-17-5-3-4-16-12-18(25-2)6-7-19(16)17/h6-7,12,15,17,23H,3-5,8-11,13-14H2,1-2H3/t15-,17+/m0/s1. The first-order valence-corrected chi connectivity index (χ1v) is 9.42. The van der Waals surface area contributed by atoms with Crippen LogP contribution in [-0.2, 0) is 11.2 Å². The summed E-state index contributed by atoms with van der Waals surface area (Å²) in [5.74, 6) is 1.50. The summed E-state index contributed by atoms with van der Waals surface area (Å²) in [6.45, 7) is 5.76. The van der Waals surface area contributed by atoms with Crippen molar-refractivity contribution in [2.75, 3.05) is 39.8 Å². The van der Waals surface area contributed by atoms with E-state index < -0.39 is 0 Å². The molecular weight excluding hydrogens is 316 g/mol. The van der Waals surface area contributed by atoms with Gasteiger partial charge in [0.25, 0.3) is 0 Å². The molecular formula is C20H30N2O3. The molecule has 0 unspecified atom stereocenters. The number of piperazine rings is 1. The quantitative estimate of drug-likeness (QED) is 0.886. The zero-order valence-electron chi connectivity index (χ0n) is 15.4. The first-order valence-electron chi connectivity index (χ1n) is 9.42. The number of rotatable bonds is 5. The van der Waals surface area contributed by atoms with Gasteiger partial charge in [0.15, 0.2) is 0 Å². The summed E-state index contributed by atoms with van der Waals surface area (Å²) in [7, 11) is 1.70. The number of carbonyl (C=O) groups excluding carboxylic acids is 1. The van der Waals surface area contributed by atoms with E-state index in [-0.39, 0.29) is 12.0 Å². The molecule has 1 aromatic rings. The van der Waals surface area contributed by atoms with Gasteiger partial charge in [0.1, 0.15) is 5.75 Å². The van der Waals surface area contributed by atoms with E-state index in [4.69, 9.17) is 4.74 Å². The zero-order valence-corrected chi connectivity index (χ0v) is 15.4. The van der Waals surface area contributed by atoms with E-state index in [1.165, 1.54) is 11.1 Å². The Kier molecular flexibility index (Phi) is 5.97. The summed E-state index contributed by atoms with van der Waals surface area (Å²) in [6.07, 6.45) is 3.61. The van der Waals surface area contributed by atoms with E-state index in [0.717, 1.165) is 51.2 Å². The third kappa shape index (κ3) is 4.53. The molecule has 0 aromatic heterocycles. The van der Waals surface area contributed by atoms with Gasteiger partial charge in [0.05, 0.1) is 13.2 Å². The van der Waals surface area contributed by atoms with Crippen LogP contribution in [0.5, 0.6) is 5.75 Å². The largest absolute Gasteiger partial charge is 0.497 e. The van der Waals surface area contributed by atoms with Gasteiger partial charge >= 0.3 is 0 Å². The number of fused-ring (bicyclic) bond motifs is 1. The molecule has 1 saturated heterocycles. The molecule has 1 fully saturated rings. The fourth-order valence-electron chi connectivity index (χ4n) is 4.12. The number of nitrogens with zero attached hydrogens (tertiary/aromatic N) is 2. The minimum Gasteiger partial charge on any atom is -0.497 e. The second-order valence-electron chi connectivity index (χ2n) is 7.39. The molecule has 0 bridgehead atoms. The fraction of sp³-hybridized carbons (Fsp3) is 0.650. The van der Waals surface area contributed by atoms with Crippen LogP contribution in [0.2, 0.25) is 0 Å². The molecule has 2 aliphatic rings. The smallest absolute Gasteiger partial charge is 0.223 e. The zero-order chi connectivity index (χ0) is 17.8. The van der Waals surface area contributed by atoms with E-state index in [1.807, 2.05) is 17.9 Å². The second-order valence-corrected chi connectivity index (χ2v) is 7.39. The molecule has 3 rings (SSSR count). The Labute approximate surface area is 150 Å². The van der Waals surface area contributed by atoms with E-state index in [2.05, 4.69) is 17.0 Å².